The Kier molecular flexibility index (Phi) is 3.09. The van der Waals surface area contributed by atoms with Gasteiger partial charge in [0.05, 0.1) is 5.52 Å². The van der Waals surface area contributed by atoms with Gasteiger partial charge in [-0.3, -0.25) is 4.98 Å². The van der Waals surface area contributed by atoms with Crippen LogP contribution in [0.4, 0.5) is 5.69 Å². The lowest BCUT2D eigenvalue weighted by atomic mass is 10.1. The lowest BCUT2D eigenvalue weighted by molar-refractivity contribution is 0.890. The molecule has 0 atom stereocenters. The molecule has 0 saturated heterocycles. The highest BCUT2D eigenvalue weighted by Gasteiger charge is 2.04. The number of fused-ring (bicyclic) bond motifs is 1. The first-order valence-electron chi connectivity index (χ1n) is 5.82. The molecule has 0 saturated carbocycles. The summed E-state index contributed by atoms with van der Waals surface area (Å²) in [5.74, 6) is 0. The van der Waals surface area contributed by atoms with Crippen molar-refractivity contribution in [2.24, 2.45) is 0 Å². The molecular formula is C14H18N2. The number of nitrogens with one attached hydrogen (secondary N) is 1. The van der Waals surface area contributed by atoms with Crippen molar-refractivity contribution in [3.05, 3.63) is 35.5 Å². The van der Waals surface area contributed by atoms with E-state index in [9.17, 15) is 0 Å². The van der Waals surface area contributed by atoms with Gasteiger partial charge in [-0.1, -0.05) is 25.0 Å². The number of anilines is 1. The van der Waals surface area contributed by atoms with Crippen molar-refractivity contribution in [2.75, 3.05) is 12.4 Å². The van der Waals surface area contributed by atoms with Crippen molar-refractivity contribution < 1.29 is 0 Å². The van der Waals surface area contributed by atoms with Crippen molar-refractivity contribution in [3.8, 4) is 0 Å². The molecule has 16 heavy (non-hydrogen) atoms. The molecule has 0 aliphatic carbocycles. The molecule has 1 aromatic heterocycles. The van der Waals surface area contributed by atoms with Crippen molar-refractivity contribution in [3.63, 3.8) is 0 Å². The fourth-order valence-electron chi connectivity index (χ4n) is 1.99. The van der Waals surface area contributed by atoms with Gasteiger partial charge in [-0.25, -0.2) is 0 Å². The molecule has 0 fully saturated rings. The van der Waals surface area contributed by atoms with Gasteiger partial charge in [0.15, 0.2) is 0 Å². The molecule has 2 nitrogen and oxygen atoms in total. The first-order valence-corrected chi connectivity index (χ1v) is 5.82. The highest BCUT2D eigenvalue weighted by Crippen LogP contribution is 2.24. The number of benzene rings is 1. The zero-order chi connectivity index (χ0) is 11.5. The third-order valence-electron chi connectivity index (χ3n) is 2.79. The molecule has 0 aliphatic rings. The maximum absolute atomic E-state index is 4.67. The van der Waals surface area contributed by atoms with E-state index in [1.807, 2.05) is 7.05 Å². The monoisotopic (exact) mass is 214 g/mol. The van der Waals surface area contributed by atoms with E-state index in [0.717, 1.165) is 18.4 Å². The summed E-state index contributed by atoms with van der Waals surface area (Å²) in [4.78, 5) is 4.67. The zero-order valence-corrected chi connectivity index (χ0v) is 10.2. The minimum Gasteiger partial charge on any atom is -0.388 e. The van der Waals surface area contributed by atoms with Crippen LogP contribution in [-0.2, 0) is 6.42 Å². The number of hydrogen-bond acceptors (Lipinski definition) is 2. The van der Waals surface area contributed by atoms with Gasteiger partial charge in [0.2, 0.25) is 0 Å². The third kappa shape index (κ3) is 2.01. The Labute approximate surface area is 96.7 Å². The van der Waals surface area contributed by atoms with Gasteiger partial charge in [-0.15, -0.1) is 0 Å². The predicted octanol–water partition coefficient (Wildman–Crippen LogP) is 3.54. The van der Waals surface area contributed by atoms with E-state index in [1.54, 1.807) is 0 Å². The van der Waals surface area contributed by atoms with Crippen LogP contribution in [0.3, 0.4) is 0 Å². The summed E-state index contributed by atoms with van der Waals surface area (Å²) in [6, 6.07) is 8.56. The largest absolute Gasteiger partial charge is 0.388 e. The van der Waals surface area contributed by atoms with Crippen LogP contribution >= 0.6 is 0 Å². The average molecular weight is 214 g/mol. The molecule has 2 heteroatoms. The minimum absolute atomic E-state index is 1.04. The van der Waals surface area contributed by atoms with Gasteiger partial charge in [0.1, 0.15) is 0 Å². The molecule has 0 amide bonds. The van der Waals surface area contributed by atoms with E-state index in [-0.39, 0.29) is 0 Å². The number of nitrogens with zero attached hydrogens (tertiary/aromatic N) is 1. The molecule has 2 rings (SSSR count). The third-order valence-corrected chi connectivity index (χ3v) is 2.79. The molecule has 0 aliphatic heterocycles. The fourth-order valence-corrected chi connectivity index (χ4v) is 1.99. The smallest absolute Gasteiger partial charge is 0.0726 e. The summed E-state index contributed by atoms with van der Waals surface area (Å²) >= 11 is 0. The number of aromatic nitrogens is 1. The molecular weight excluding hydrogens is 196 g/mol. The van der Waals surface area contributed by atoms with Crippen molar-refractivity contribution in [1.29, 1.82) is 0 Å². The summed E-state index contributed by atoms with van der Waals surface area (Å²) in [6.07, 6.45) is 2.17. The summed E-state index contributed by atoms with van der Waals surface area (Å²) in [5, 5.41) is 4.47. The van der Waals surface area contributed by atoms with Crippen molar-refractivity contribution in [1.82, 2.24) is 4.98 Å². The van der Waals surface area contributed by atoms with Crippen LogP contribution in [0.2, 0.25) is 0 Å². The Morgan fingerprint density at radius 1 is 1.25 bits per heavy atom. The lowest BCUT2D eigenvalue weighted by Crippen LogP contribution is -1.96. The summed E-state index contributed by atoms with van der Waals surface area (Å²) in [5.41, 5.74) is 4.70. The maximum atomic E-state index is 4.67. The molecule has 0 radical (unpaired) electrons. The summed E-state index contributed by atoms with van der Waals surface area (Å²) < 4.78 is 0. The molecule has 0 bridgehead atoms. The van der Waals surface area contributed by atoms with Crippen LogP contribution in [-0.4, -0.2) is 12.0 Å². The summed E-state index contributed by atoms with van der Waals surface area (Å²) in [7, 11) is 1.97. The Balaban J connectivity index is 2.63. The van der Waals surface area contributed by atoms with Gasteiger partial charge in [-0.05, 0) is 31.5 Å². The minimum atomic E-state index is 1.04. The van der Waals surface area contributed by atoms with Gasteiger partial charge >= 0.3 is 0 Å². The van der Waals surface area contributed by atoms with Crippen molar-refractivity contribution in [2.45, 2.75) is 26.7 Å². The number of hydrogen-bond donors (Lipinski definition) is 1. The Morgan fingerprint density at radius 3 is 2.75 bits per heavy atom. The average Bonchev–Trinajstić information content (AvgIpc) is 2.29. The molecule has 0 spiro atoms. The Bertz CT molecular complexity index is 503. The first-order chi connectivity index (χ1) is 7.74. The molecule has 1 aromatic carbocycles. The standard InChI is InChI=1S/C14H18N2/c1-4-5-11-9-14(15-3)12-8-10(2)6-7-13(12)16-11/h6-9H,4-5H2,1-3H3,(H,15,16). The number of pyridine rings is 1. The highest BCUT2D eigenvalue weighted by molar-refractivity contribution is 5.91. The maximum Gasteiger partial charge on any atom is 0.0726 e. The van der Waals surface area contributed by atoms with Crippen LogP contribution < -0.4 is 5.32 Å². The van der Waals surface area contributed by atoms with Gasteiger partial charge < -0.3 is 5.32 Å². The molecule has 1 heterocycles. The van der Waals surface area contributed by atoms with Crippen LogP contribution in [0.15, 0.2) is 24.3 Å². The second kappa shape index (κ2) is 4.52. The molecule has 2 aromatic rings. The van der Waals surface area contributed by atoms with Gasteiger partial charge in [0.25, 0.3) is 0 Å². The lowest BCUT2D eigenvalue weighted by Gasteiger charge is -2.09. The van der Waals surface area contributed by atoms with Crippen LogP contribution in [0.1, 0.15) is 24.6 Å². The van der Waals surface area contributed by atoms with E-state index in [0.29, 0.717) is 0 Å². The fraction of sp³-hybridized carbons (Fsp3) is 0.357. The quantitative estimate of drug-likeness (QED) is 0.845. The second-order valence-electron chi connectivity index (χ2n) is 4.18. The van der Waals surface area contributed by atoms with E-state index in [1.165, 1.54) is 22.3 Å². The van der Waals surface area contributed by atoms with Gasteiger partial charge in [-0.2, -0.15) is 0 Å². The molecule has 1 N–H and O–H groups in total. The predicted molar refractivity (Wildman–Crippen MR) is 70.0 cm³/mol. The topological polar surface area (TPSA) is 24.9 Å². The number of aryl methyl sites for hydroxylation is 2. The number of rotatable bonds is 3. The Morgan fingerprint density at radius 2 is 2.06 bits per heavy atom. The van der Waals surface area contributed by atoms with Crippen LogP contribution in [0, 0.1) is 6.92 Å². The van der Waals surface area contributed by atoms with E-state index < -0.39 is 0 Å². The molecule has 0 unspecified atom stereocenters. The highest BCUT2D eigenvalue weighted by atomic mass is 14.8. The van der Waals surface area contributed by atoms with E-state index in [2.05, 4.69) is 48.4 Å². The van der Waals surface area contributed by atoms with Crippen LogP contribution in [0.5, 0.6) is 0 Å². The SMILES string of the molecule is CCCc1cc(NC)c2cc(C)ccc2n1. The normalized spacial score (nSPS) is 10.7. The first kappa shape index (κ1) is 10.9. The molecule has 84 valence electrons. The van der Waals surface area contributed by atoms with E-state index in [4.69, 9.17) is 0 Å². The zero-order valence-electron chi connectivity index (χ0n) is 10.2. The Hall–Kier alpha value is -1.57. The van der Waals surface area contributed by atoms with Gasteiger partial charge in [0, 0.05) is 23.8 Å². The second-order valence-corrected chi connectivity index (χ2v) is 4.18. The van der Waals surface area contributed by atoms with E-state index >= 15 is 0 Å². The van der Waals surface area contributed by atoms with Crippen LogP contribution in [0.25, 0.3) is 10.9 Å². The van der Waals surface area contributed by atoms with Crippen molar-refractivity contribution >= 4 is 16.6 Å². The summed E-state index contributed by atoms with van der Waals surface area (Å²) in [6.45, 7) is 4.29.